The summed E-state index contributed by atoms with van der Waals surface area (Å²) in [5.74, 6) is 1.39. The van der Waals surface area contributed by atoms with E-state index in [2.05, 4.69) is 12.2 Å². The second-order valence-electron chi connectivity index (χ2n) is 3.59. The van der Waals surface area contributed by atoms with Gasteiger partial charge in [-0.15, -0.1) is 0 Å². The molecule has 2 unspecified atom stereocenters. The Labute approximate surface area is 99.7 Å². The van der Waals surface area contributed by atoms with Crippen LogP contribution in [0.25, 0.3) is 0 Å². The SMILES string of the molecule is CCC(CS(=O)c1cccc(OC)c1)NC. The minimum Gasteiger partial charge on any atom is -0.497 e. The highest BCUT2D eigenvalue weighted by molar-refractivity contribution is 7.85. The van der Waals surface area contributed by atoms with Crippen molar-refractivity contribution in [2.75, 3.05) is 19.9 Å². The van der Waals surface area contributed by atoms with Crippen molar-refractivity contribution in [1.29, 1.82) is 0 Å². The number of rotatable bonds is 6. The lowest BCUT2D eigenvalue weighted by molar-refractivity contribution is 0.413. The molecule has 16 heavy (non-hydrogen) atoms. The summed E-state index contributed by atoms with van der Waals surface area (Å²) >= 11 is 0. The molecule has 0 aliphatic heterocycles. The smallest absolute Gasteiger partial charge is 0.120 e. The molecule has 4 heteroatoms. The Balaban J connectivity index is 2.72. The fourth-order valence-electron chi connectivity index (χ4n) is 1.43. The topological polar surface area (TPSA) is 38.3 Å². The lowest BCUT2D eigenvalue weighted by Gasteiger charge is -2.13. The summed E-state index contributed by atoms with van der Waals surface area (Å²) in [4.78, 5) is 0.827. The third-order valence-corrected chi connectivity index (χ3v) is 4.04. The van der Waals surface area contributed by atoms with Gasteiger partial charge in [0, 0.05) is 16.7 Å². The van der Waals surface area contributed by atoms with E-state index >= 15 is 0 Å². The monoisotopic (exact) mass is 241 g/mol. The van der Waals surface area contributed by atoms with Crippen LogP contribution in [-0.2, 0) is 10.8 Å². The molecule has 0 saturated carbocycles. The van der Waals surface area contributed by atoms with Gasteiger partial charge in [-0.1, -0.05) is 13.0 Å². The number of hydrogen-bond donors (Lipinski definition) is 1. The van der Waals surface area contributed by atoms with Crippen LogP contribution in [0.5, 0.6) is 5.75 Å². The molecule has 0 spiro atoms. The largest absolute Gasteiger partial charge is 0.497 e. The zero-order valence-electron chi connectivity index (χ0n) is 10.0. The van der Waals surface area contributed by atoms with Gasteiger partial charge in [-0.05, 0) is 31.7 Å². The Morgan fingerprint density at radius 3 is 2.81 bits per heavy atom. The average molecular weight is 241 g/mol. The van der Waals surface area contributed by atoms with Crippen molar-refractivity contribution in [3.8, 4) is 5.75 Å². The summed E-state index contributed by atoms with van der Waals surface area (Å²) in [5.41, 5.74) is 0. The molecule has 0 amide bonds. The Kier molecular flexibility index (Phi) is 5.49. The van der Waals surface area contributed by atoms with Gasteiger partial charge in [-0.25, -0.2) is 0 Å². The third kappa shape index (κ3) is 3.61. The van der Waals surface area contributed by atoms with E-state index in [1.54, 1.807) is 7.11 Å². The molecule has 90 valence electrons. The van der Waals surface area contributed by atoms with Gasteiger partial charge < -0.3 is 10.1 Å². The molecule has 1 aromatic rings. The van der Waals surface area contributed by atoms with Crippen molar-refractivity contribution < 1.29 is 8.95 Å². The quantitative estimate of drug-likeness (QED) is 0.825. The summed E-state index contributed by atoms with van der Waals surface area (Å²) < 4.78 is 17.2. The molecule has 0 aromatic heterocycles. The van der Waals surface area contributed by atoms with Crippen molar-refractivity contribution in [2.24, 2.45) is 0 Å². The molecule has 0 aliphatic carbocycles. The molecule has 0 radical (unpaired) electrons. The molecule has 1 aromatic carbocycles. The van der Waals surface area contributed by atoms with E-state index in [0.717, 1.165) is 17.1 Å². The lowest BCUT2D eigenvalue weighted by Crippen LogP contribution is -2.30. The maximum atomic E-state index is 12.1. The minimum atomic E-state index is -0.968. The predicted octanol–water partition coefficient (Wildman–Crippen LogP) is 1.80. The molecule has 1 rings (SSSR count). The van der Waals surface area contributed by atoms with Crippen LogP contribution >= 0.6 is 0 Å². The van der Waals surface area contributed by atoms with Crippen molar-refractivity contribution >= 4 is 10.8 Å². The molecular weight excluding hydrogens is 222 g/mol. The molecule has 3 nitrogen and oxygen atoms in total. The summed E-state index contributed by atoms with van der Waals surface area (Å²) in [6.07, 6.45) is 0.978. The fourth-order valence-corrected chi connectivity index (χ4v) is 2.87. The number of benzene rings is 1. The summed E-state index contributed by atoms with van der Waals surface area (Å²) in [5, 5.41) is 3.16. The number of hydrogen-bond acceptors (Lipinski definition) is 3. The predicted molar refractivity (Wildman–Crippen MR) is 67.4 cm³/mol. The maximum absolute atomic E-state index is 12.1. The minimum absolute atomic E-state index is 0.298. The number of methoxy groups -OCH3 is 1. The van der Waals surface area contributed by atoms with E-state index in [4.69, 9.17) is 4.74 Å². The fraction of sp³-hybridized carbons (Fsp3) is 0.500. The van der Waals surface area contributed by atoms with Gasteiger partial charge in [0.2, 0.25) is 0 Å². The van der Waals surface area contributed by atoms with E-state index in [1.165, 1.54) is 0 Å². The van der Waals surface area contributed by atoms with E-state index in [0.29, 0.717) is 11.8 Å². The highest BCUT2D eigenvalue weighted by Crippen LogP contribution is 2.16. The second kappa shape index (κ2) is 6.66. The van der Waals surface area contributed by atoms with Crippen molar-refractivity contribution in [3.05, 3.63) is 24.3 Å². The third-order valence-electron chi connectivity index (χ3n) is 2.56. The van der Waals surface area contributed by atoms with Crippen LogP contribution in [0.2, 0.25) is 0 Å². The zero-order valence-corrected chi connectivity index (χ0v) is 10.8. The Morgan fingerprint density at radius 1 is 1.50 bits per heavy atom. The van der Waals surface area contributed by atoms with Crippen LogP contribution in [0.15, 0.2) is 29.2 Å². The van der Waals surface area contributed by atoms with E-state index in [-0.39, 0.29) is 0 Å². The van der Waals surface area contributed by atoms with Crippen LogP contribution in [0.3, 0.4) is 0 Å². The molecule has 0 heterocycles. The van der Waals surface area contributed by atoms with Crippen LogP contribution in [0.4, 0.5) is 0 Å². The zero-order chi connectivity index (χ0) is 12.0. The van der Waals surface area contributed by atoms with Crippen LogP contribution < -0.4 is 10.1 Å². The molecule has 0 aliphatic rings. The van der Waals surface area contributed by atoms with Crippen molar-refractivity contribution in [2.45, 2.75) is 24.3 Å². The highest BCUT2D eigenvalue weighted by Gasteiger charge is 2.11. The van der Waals surface area contributed by atoms with Gasteiger partial charge >= 0.3 is 0 Å². The van der Waals surface area contributed by atoms with Crippen LogP contribution in [0.1, 0.15) is 13.3 Å². The highest BCUT2D eigenvalue weighted by atomic mass is 32.2. The lowest BCUT2D eigenvalue weighted by atomic mass is 10.3. The first-order chi connectivity index (χ1) is 7.71. The number of ether oxygens (including phenoxy) is 1. The summed E-state index contributed by atoms with van der Waals surface area (Å²) in [6, 6.07) is 7.73. The van der Waals surface area contributed by atoms with Gasteiger partial charge in [0.05, 0.1) is 17.9 Å². The second-order valence-corrected chi connectivity index (χ2v) is 5.08. The summed E-state index contributed by atoms with van der Waals surface area (Å²) in [7, 11) is 2.55. The Morgan fingerprint density at radius 2 is 2.25 bits per heavy atom. The van der Waals surface area contributed by atoms with Crippen LogP contribution in [-0.4, -0.2) is 30.2 Å². The molecule has 2 atom stereocenters. The number of nitrogens with one attached hydrogen (secondary N) is 1. The molecule has 0 saturated heterocycles. The average Bonchev–Trinajstić information content (AvgIpc) is 2.35. The van der Waals surface area contributed by atoms with Gasteiger partial charge in [0.1, 0.15) is 5.75 Å². The van der Waals surface area contributed by atoms with Crippen molar-refractivity contribution in [1.82, 2.24) is 5.32 Å². The molecule has 0 bridgehead atoms. The van der Waals surface area contributed by atoms with Crippen LogP contribution in [0, 0.1) is 0 Å². The van der Waals surface area contributed by atoms with Gasteiger partial charge in [0.25, 0.3) is 0 Å². The van der Waals surface area contributed by atoms with Gasteiger partial charge in [-0.3, -0.25) is 4.21 Å². The van der Waals surface area contributed by atoms with E-state index in [1.807, 2.05) is 31.3 Å². The Bertz CT molecular complexity index is 351. The first-order valence-electron chi connectivity index (χ1n) is 5.41. The van der Waals surface area contributed by atoms with E-state index in [9.17, 15) is 4.21 Å². The maximum Gasteiger partial charge on any atom is 0.120 e. The van der Waals surface area contributed by atoms with E-state index < -0.39 is 10.8 Å². The normalized spacial score (nSPS) is 14.4. The molecule has 1 N–H and O–H groups in total. The molecule has 0 fully saturated rings. The Hall–Kier alpha value is -0.870. The summed E-state index contributed by atoms with van der Waals surface area (Å²) in [6.45, 7) is 2.09. The first-order valence-corrected chi connectivity index (χ1v) is 6.72. The van der Waals surface area contributed by atoms with Crippen molar-refractivity contribution in [3.63, 3.8) is 0 Å². The first kappa shape index (κ1) is 13.2. The standard InChI is InChI=1S/C12H19NO2S/c1-4-10(13-2)9-16(14)12-7-5-6-11(8-12)15-3/h5-8,10,13H,4,9H2,1-3H3. The van der Waals surface area contributed by atoms with Gasteiger partial charge in [0.15, 0.2) is 0 Å². The molecular formula is C12H19NO2S. The van der Waals surface area contributed by atoms with Gasteiger partial charge in [-0.2, -0.15) is 0 Å².